The van der Waals surface area contributed by atoms with Crippen LogP contribution in [-0.4, -0.2) is 31.3 Å². The first-order valence-electron chi connectivity index (χ1n) is 8.10. The lowest BCUT2D eigenvalue weighted by molar-refractivity contribution is -0.143. The summed E-state index contributed by atoms with van der Waals surface area (Å²) in [6.45, 7) is 1.67. The molecule has 0 saturated carbocycles. The Balaban J connectivity index is 1.63. The molecule has 1 amide bonds. The van der Waals surface area contributed by atoms with Gasteiger partial charge in [-0.3, -0.25) is 9.69 Å². The van der Waals surface area contributed by atoms with E-state index in [-0.39, 0.29) is 25.5 Å². The minimum Gasteiger partial charge on any atom is -0.486 e. The van der Waals surface area contributed by atoms with Crippen LogP contribution in [0, 0.1) is 5.82 Å². The summed E-state index contributed by atoms with van der Waals surface area (Å²) >= 11 is 0. The Morgan fingerprint density at radius 2 is 2.04 bits per heavy atom. The predicted molar refractivity (Wildman–Crippen MR) is 91.4 cm³/mol. The molecule has 26 heavy (non-hydrogen) atoms. The molecule has 3 rings (SSSR count). The summed E-state index contributed by atoms with van der Waals surface area (Å²) in [4.78, 5) is 24.1. The van der Waals surface area contributed by atoms with Gasteiger partial charge >= 0.3 is 12.1 Å². The van der Waals surface area contributed by atoms with Crippen molar-refractivity contribution in [1.82, 2.24) is 0 Å². The topological polar surface area (TPSA) is 65.1 Å². The molecule has 2 aromatic carbocycles. The summed E-state index contributed by atoms with van der Waals surface area (Å²) in [6, 6.07) is 13.7. The van der Waals surface area contributed by atoms with Gasteiger partial charge in [-0.05, 0) is 17.7 Å². The molecule has 1 aliphatic heterocycles. The van der Waals surface area contributed by atoms with E-state index in [4.69, 9.17) is 14.2 Å². The maximum absolute atomic E-state index is 14.3. The zero-order valence-electron chi connectivity index (χ0n) is 14.2. The molecular weight excluding hydrogens is 341 g/mol. The number of anilines is 1. The molecule has 6 nitrogen and oxygen atoms in total. The van der Waals surface area contributed by atoms with Crippen LogP contribution in [0.1, 0.15) is 12.5 Å². The van der Waals surface area contributed by atoms with Crippen molar-refractivity contribution in [2.75, 3.05) is 18.1 Å². The van der Waals surface area contributed by atoms with Crippen LogP contribution in [0.2, 0.25) is 0 Å². The molecule has 0 spiro atoms. The largest absolute Gasteiger partial charge is 0.486 e. The summed E-state index contributed by atoms with van der Waals surface area (Å²) < 4.78 is 29.7. The molecule has 0 unspecified atom stereocenters. The first-order chi connectivity index (χ1) is 12.5. The number of ether oxygens (including phenoxy) is 3. The van der Waals surface area contributed by atoms with Crippen LogP contribution in [0.15, 0.2) is 48.5 Å². The molecule has 2 aromatic rings. The van der Waals surface area contributed by atoms with Gasteiger partial charge in [0.1, 0.15) is 13.2 Å². The van der Waals surface area contributed by atoms with Crippen molar-refractivity contribution in [1.29, 1.82) is 0 Å². The molecule has 136 valence electrons. The molecule has 1 atom stereocenters. The molecular formula is C19H18FNO5. The maximum Gasteiger partial charge on any atom is 0.414 e. The minimum atomic E-state index is -0.612. The van der Waals surface area contributed by atoms with Gasteiger partial charge in [0.05, 0.1) is 12.2 Å². The van der Waals surface area contributed by atoms with Gasteiger partial charge in [-0.25, -0.2) is 9.18 Å². The SMILES string of the molecule is CC(=O)OC[C@H]1CN(c2ccc(OCc3ccccc3)c(F)c2)C(=O)O1. The van der Waals surface area contributed by atoms with E-state index in [0.29, 0.717) is 5.69 Å². The third kappa shape index (κ3) is 4.30. The Kier molecular flexibility index (Phi) is 5.36. The molecule has 0 bridgehead atoms. The second-order valence-electron chi connectivity index (χ2n) is 5.81. The van der Waals surface area contributed by atoms with Crippen molar-refractivity contribution in [3.8, 4) is 5.75 Å². The number of carbonyl (C=O) groups excluding carboxylic acids is 2. The van der Waals surface area contributed by atoms with Gasteiger partial charge in [-0.2, -0.15) is 0 Å². The predicted octanol–water partition coefficient (Wildman–Crippen LogP) is 3.29. The van der Waals surface area contributed by atoms with Crippen LogP contribution in [0.25, 0.3) is 0 Å². The van der Waals surface area contributed by atoms with Gasteiger partial charge in [-0.15, -0.1) is 0 Å². The first-order valence-corrected chi connectivity index (χ1v) is 8.10. The second kappa shape index (κ2) is 7.86. The lowest BCUT2D eigenvalue weighted by atomic mass is 10.2. The summed E-state index contributed by atoms with van der Waals surface area (Å²) in [5.74, 6) is -0.929. The number of cyclic esters (lactones) is 1. The summed E-state index contributed by atoms with van der Waals surface area (Å²) in [7, 11) is 0. The van der Waals surface area contributed by atoms with Crippen LogP contribution >= 0.6 is 0 Å². The Labute approximate surface area is 150 Å². The Morgan fingerprint density at radius 3 is 2.73 bits per heavy atom. The van der Waals surface area contributed by atoms with Gasteiger partial charge in [0.25, 0.3) is 0 Å². The highest BCUT2D eigenvalue weighted by atomic mass is 19.1. The van der Waals surface area contributed by atoms with Gasteiger partial charge in [0.15, 0.2) is 17.7 Å². The average Bonchev–Trinajstić information content (AvgIpc) is 3.00. The van der Waals surface area contributed by atoms with Crippen LogP contribution in [-0.2, 0) is 20.9 Å². The molecule has 1 fully saturated rings. The molecule has 0 radical (unpaired) electrons. The van der Waals surface area contributed by atoms with Crippen LogP contribution < -0.4 is 9.64 Å². The smallest absolute Gasteiger partial charge is 0.414 e. The molecule has 0 N–H and O–H groups in total. The van der Waals surface area contributed by atoms with E-state index in [1.54, 1.807) is 6.07 Å². The van der Waals surface area contributed by atoms with Crippen LogP contribution in [0.4, 0.5) is 14.9 Å². The molecule has 0 aliphatic carbocycles. The maximum atomic E-state index is 14.3. The highest BCUT2D eigenvalue weighted by molar-refractivity contribution is 5.89. The van der Waals surface area contributed by atoms with E-state index in [1.165, 1.54) is 24.0 Å². The summed E-state index contributed by atoms with van der Waals surface area (Å²) in [5.41, 5.74) is 1.28. The average molecular weight is 359 g/mol. The van der Waals surface area contributed by atoms with Crippen molar-refractivity contribution < 1.29 is 28.2 Å². The van der Waals surface area contributed by atoms with Crippen molar-refractivity contribution in [2.24, 2.45) is 0 Å². The van der Waals surface area contributed by atoms with Gasteiger partial charge in [0, 0.05) is 13.0 Å². The first kappa shape index (κ1) is 17.7. The third-order valence-electron chi connectivity index (χ3n) is 3.81. The lowest BCUT2D eigenvalue weighted by Crippen LogP contribution is -2.26. The van der Waals surface area contributed by atoms with E-state index >= 15 is 0 Å². The van der Waals surface area contributed by atoms with E-state index in [2.05, 4.69) is 0 Å². The number of hydrogen-bond donors (Lipinski definition) is 0. The van der Waals surface area contributed by atoms with Gasteiger partial charge in [0.2, 0.25) is 0 Å². The fraction of sp³-hybridized carbons (Fsp3) is 0.263. The van der Waals surface area contributed by atoms with Crippen LogP contribution in [0.3, 0.4) is 0 Å². The van der Waals surface area contributed by atoms with Crippen molar-refractivity contribution in [3.63, 3.8) is 0 Å². The minimum absolute atomic E-state index is 0.0294. The fourth-order valence-electron chi connectivity index (χ4n) is 2.54. The lowest BCUT2D eigenvalue weighted by Gasteiger charge is -2.14. The number of hydrogen-bond acceptors (Lipinski definition) is 5. The third-order valence-corrected chi connectivity index (χ3v) is 3.81. The van der Waals surface area contributed by atoms with Gasteiger partial charge < -0.3 is 14.2 Å². The molecule has 1 aliphatic rings. The van der Waals surface area contributed by atoms with Crippen molar-refractivity contribution in [2.45, 2.75) is 19.6 Å². The number of esters is 1. The van der Waals surface area contributed by atoms with E-state index in [9.17, 15) is 14.0 Å². The Bertz CT molecular complexity index is 796. The highest BCUT2D eigenvalue weighted by Crippen LogP contribution is 2.27. The van der Waals surface area contributed by atoms with E-state index in [1.807, 2.05) is 30.3 Å². The summed E-state index contributed by atoms with van der Waals surface area (Å²) in [5, 5.41) is 0. The number of carbonyl (C=O) groups is 2. The number of halogens is 1. The van der Waals surface area contributed by atoms with Crippen molar-refractivity contribution >= 4 is 17.7 Å². The highest BCUT2D eigenvalue weighted by Gasteiger charge is 2.33. The number of rotatable bonds is 6. The molecule has 0 aromatic heterocycles. The quantitative estimate of drug-likeness (QED) is 0.741. The molecule has 1 heterocycles. The zero-order chi connectivity index (χ0) is 18.5. The second-order valence-corrected chi connectivity index (χ2v) is 5.81. The normalized spacial score (nSPS) is 16.3. The summed E-state index contributed by atoms with van der Waals surface area (Å²) in [6.07, 6.45) is -1.19. The van der Waals surface area contributed by atoms with Crippen molar-refractivity contribution in [3.05, 3.63) is 59.9 Å². The number of amides is 1. The zero-order valence-corrected chi connectivity index (χ0v) is 14.2. The Morgan fingerprint density at radius 1 is 1.27 bits per heavy atom. The molecule has 1 saturated heterocycles. The fourth-order valence-corrected chi connectivity index (χ4v) is 2.54. The standard InChI is InChI=1S/C19H18FNO5/c1-13(22)24-12-16-10-21(19(23)26-16)15-7-8-18(17(20)9-15)25-11-14-5-3-2-4-6-14/h2-9,16H,10-12H2,1H3/t16-/m1/s1. The molecule has 7 heteroatoms. The Hall–Kier alpha value is -3.09. The monoisotopic (exact) mass is 359 g/mol. The van der Waals surface area contributed by atoms with E-state index < -0.39 is 24.0 Å². The number of benzene rings is 2. The number of nitrogens with zero attached hydrogens (tertiary/aromatic N) is 1. The van der Waals surface area contributed by atoms with E-state index in [0.717, 1.165) is 5.56 Å². The van der Waals surface area contributed by atoms with Gasteiger partial charge in [-0.1, -0.05) is 30.3 Å². The van der Waals surface area contributed by atoms with Crippen LogP contribution in [0.5, 0.6) is 5.75 Å².